The molecule has 4 nitrogen and oxygen atoms in total. The predicted octanol–water partition coefficient (Wildman–Crippen LogP) is 1.99. The van der Waals surface area contributed by atoms with E-state index in [2.05, 4.69) is 5.32 Å². The molecule has 1 aromatic carbocycles. The van der Waals surface area contributed by atoms with Crippen LogP contribution in [0.1, 0.15) is 24.0 Å². The van der Waals surface area contributed by atoms with E-state index in [1.165, 1.54) is 6.08 Å². The van der Waals surface area contributed by atoms with Crippen LogP contribution < -0.4 is 5.32 Å². The van der Waals surface area contributed by atoms with Crippen molar-refractivity contribution in [1.82, 2.24) is 5.32 Å². The van der Waals surface area contributed by atoms with Gasteiger partial charge in [-0.1, -0.05) is 24.3 Å². The highest BCUT2D eigenvalue weighted by atomic mass is 16.4. The molecule has 0 aliphatic carbocycles. The number of carbonyl (C=O) groups excluding carboxylic acids is 1. The molecule has 18 heavy (non-hydrogen) atoms. The Hall–Kier alpha value is -2.10. The second kappa shape index (κ2) is 7.27. The Morgan fingerprint density at radius 2 is 2.06 bits per heavy atom. The highest BCUT2D eigenvalue weighted by Gasteiger charge is 1.98. The Bertz CT molecular complexity index is 452. The molecule has 0 fully saturated rings. The molecular weight excluding hydrogens is 230 g/mol. The summed E-state index contributed by atoms with van der Waals surface area (Å²) in [5.74, 6) is -1.05. The van der Waals surface area contributed by atoms with Gasteiger partial charge in [-0.25, -0.2) is 0 Å². The molecule has 0 saturated carbocycles. The van der Waals surface area contributed by atoms with Crippen LogP contribution in [0.5, 0.6) is 0 Å². The lowest BCUT2D eigenvalue weighted by Gasteiger charge is -2.01. The summed E-state index contributed by atoms with van der Waals surface area (Å²) in [4.78, 5) is 21.7. The van der Waals surface area contributed by atoms with Crippen molar-refractivity contribution in [3.8, 4) is 0 Å². The van der Waals surface area contributed by atoms with Crippen molar-refractivity contribution in [3.05, 3.63) is 41.5 Å². The summed E-state index contributed by atoms with van der Waals surface area (Å²) in [5, 5.41) is 11.1. The van der Waals surface area contributed by atoms with Gasteiger partial charge in [0, 0.05) is 19.0 Å². The summed E-state index contributed by atoms with van der Waals surface area (Å²) in [7, 11) is 0. The molecule has 0 spiro atoms. The maximum absolute atomic E-state index is 11.4. The summed E-state index contributed by atoms with van der Waals surface area (Å²) in [5.41, 5.74) is 2.10. The zero-order valence-corrected chi connectivity index (χ0v) is 10.3. The first-order valence-corrected chi connectivity index (χ1v) is 5.83. The van der Waals surface area contributed by atoms with Gasteiger partial charge in [0.05, 0.1) is 0 Å². The Kier molecular flexibility index (Phi) is 5.64. The molecule has 1 aromatic rings. The number of rotatable bonds is 6. The van der Waals surface area contributed by atoms with Crippen LogP contribution in [0.4, 0.5) is 0 Å². The number of aryl methyl sites for hydroxylation is 1. The second-order valence-corrected chi connectivity index (χ2v) is 3.98. The zero-order chi connectivity index (χ0) is 13.4. The highest BCUT2D eigenvalue weighted by molar-refractivity contribution is 5.91. The van der Waals surface area contributed by atoms with E-state index in [4.69, 9.17) is 5.11 Å². The van der Waals surface area contributed by atoms with E-state index in [0.29, 0.717) is 13.0 Å². The number of nitrogens with one attached hydrogen (secondary N) is 1. The first-order valence-electron chi connectivity index (χ1n) is 5.83. The van der Waals surface area contributed by atoms with E-state index in [0.717, 1.165) is 11.1 Å². The molecule has 0 saturated heterocycles. The fourth-order valence-electron chi connectivity index (χ4n) is 1.45. The fourth-order valence-corrected chi connectivity index (χ4v) is 1.45. The maximum atomic E-state index is 11.4. The summed E-state index contributed by atoms with van der Waals surface area (Å²) in [6.45, 7) is 2.35. The first-order chi connectivity index (χ1) is 8.59. The van der Waals surface area contributed by atoms with Crippen LogP contribution >= 0.6 is 0 Å². The van der Waals surface area contributed by atoms with Gasteiger partial charge in [-0.15, -0.1) is 0 Å². The van der Waals surface area contributed by atoms with E-state index in [1.807, 2.05) is 31.2 Å². The molecule has 1 amide bonds. The Balaban J connectivity index is 2.36. The van der Waals surface area contributed by atoms with Crippen LogP contribution in [0, 0.1) is 6.92 Å². The third kappa shape index (κ3) is 5.30. The molecule has 1 rings (SSSR count). The Labute approximate surface area is 106 Å². The molecule has 0 aliphatic heterocycles. The molecule has 0 atom stereocenters. The molecule has 0 unspecified atom stereocenters. The van der Waals surface area contributed by atoms with Crippen molar-refractivity contribution >= 4 is 18.0 Å². The normalized spacial score (nSPS) is 10.5. The Morgan fingerprint density at radius 1 is 1.33 bits per heavy atom. The summed E-state index contributed by atoms with van der Waals surface area (Å²) in [6, 6.07) is 7.77. The number of carboxylic acid groups (broad SMARTS) is 1. The zero-order valence-electron chi connectivity index (χ0n) is 10.3. The topological polar surface area (TPSA) is 66.4 Å². The van der Waals surface area contributed by atoms with E-state index < -0.39 is 5.97 Å². The average molecular weight is 247 g/mol. The van der Waals surface area contributed by atoms with Crippen LogP contribution in [0.15, 0.2) is 30.3 Å². The van der Waals surface area contributed by atoms with Gasteiger partial charge < -0.3 is 10.4 Å². The third-order valence-corrected chi connectivity index (χ3v) is 2.47. The van der Waals surface area contributed by atoms with E-state index in [1.54, 1.807) is 6.08 Å². The van der Waals surface area contributed by atoms with Crippen molar-refractivity contribution in [2.45, 2.75) is 19.8 Å². The van der Waals surface area contributed by atoms with Crippen LogP contribution in [-0.2, 0) is 9.59 Å². The quantitative estimate of drug-likeness (QED) is 0.596. The van der Waals surface area contributed by atoms with E-state index in [9.17, 15) is 9.59 Å². The van der Waals surface area contributed by atoms with Gasteiger partial charge >= 0.3 is 5.97 Å². The number of carbonyl (C=O) groups is 2. The second-order valence-electron chi connectivity index (χ2n) is 3.98. The molecule has 0 aliphatic rings. The van der Waals surface area contributed by atoms with E-state index >= 15 is 0 Å². The minimum Gasteiger partial charge on any atom is -0.481 e. The number of carboxylic acids is 1. The molecule has 0 bridgehead atoms. The van der Waals surface area contributed by atoms with Crippen molar-refractivity contribution in [2.75, 3.05) is 6.54 Å². The van der Waals surface area contributed by atoms with Crippen LogP contribution in [0.2, 0.25) is 0 Å². The van der Waals surface area contributed by atoms with Crippen LogP contribution in [0.25, 0.3) is 6.08 Å². The average Bonchev–Trinajstić information content (AvgIpc) is 2.33. The lowest BCUT2D eigenvalue weighted by Crippen LogP contribution is -2.22. The lowest BCUT2D eigenvalue weighted by atomic mass is 10.1. The van der Waals surface area contributed by atoms with Gasteiger partial charge in [0.1, 0.15) is 0 Å². The summed E-state index contributed by atoms with van der Waals surface area (Å²) >= 11 is 0. The fraction of sp³-hybridized carbons (Fsp3) is 0.286. The smallest absolute Gasteiger partial charge is 0.303 e. The summed E-state index contributed by atoms with van der Waals surface area (Å²) < 4.78 is 0. The third-order valence-electron chi connectivity index (χ3n) is 2.47. The molecule has 96 valence electrons. The minimum atomic E-state index is -0.847. The van der Waals surface area contributed by atoms with Gasteiger partial charge in [0.15, 0.2) is 0 Å². The van der Waals surface area contributed by atoms with Crippen LogP contribution in [-0.4, -0.2) is 23.5 Å². The SMILES string of the molecule is Cc1ccccc1/C=C/C(=O)NCCCC(=O)O. The van der Waals surface area contributed by atoms with E-state index in [-0.39, 0.29) is 12.3 Å². The number of aliphatic carboxylic acids is 1. The largest absolute Gasteiger partial charge is 0.481 e. The minimum absolute atomic E-state index is 0.0712. The van der Waals surface area contributed by atoms with Crippen molar-refractivity contribution in [3.63, 3.8) is 0 Å². The predicted molar refractivity (Wildman–Crippen MR) is 70.1 cm³/mol. The van der Waals surface area contributed by atoms with Gasteiger partial charge in [0.25, 0.3) is 0 Å². The van der Waals surface area contributed by atoms with Crippen molar-refractivity contribution in [2.24, 2.45) is 0 Å². The number of hydrogen-bond donors (Lipinski definition) is 2. The standard InChI is InChI=1S/C14H17NO3/c1-11-5-2-3-6-12(11)8-9-13(16)15-10-4-7-14(17)18/h2-3,5-6,8-9H,4,7,10H2,1H3,(H,15,16)(H,17,18)/b9-8+. The number of amides is 1. The van der Waals surface area contributed by atoms with Crippen molar-refractivity contribution < 1.29 is 14.7 Å². The monoisotopic (exact) mass is 247 g/mol. The molecule has 0 aromatic heterocycles. The Morgan fingerprint density at radius 3 is 2.72 bits per heavy atom. The molecule has 0 radical (unpaired) electrons. The van der Waals surface area contributed by atoms with Gasteiger partial charge in [-0.05, 0) is 30.5 Å². The molecule has 0 heterocycles. The maximum Gasteiger partial charge on any atom is 0.303 e. The number of hydrogen-bond acceptors (Lipinski definition) is 2. The van der Waals surface area contributed by atoms with Gasteiger partial charge in [-0.2, -0.15) is 0 Å². The lowest BCUT2D eigenvalue weighted by molar-refractivity contribution is -0.137. The molecular formula is C14H17NO3. The molecule has 4 heteroatoms. The first kappa shape index (κ1) is 14.0. The van der Waals surface area contributed by atoms with Gasteiger partial charge in [-0.3, -0.25) is 9.59 Å². The number of benzene rings is 1. The van der Waals surface area contributed by atoms with Crippen LogP contribution in [0.3, 0.4) is 0 Å². The summed E-state index contributed by atoms with van der Waals surface area (Å²) in [6.07, 6.45) is 3.73. The molecule has 2 N–H and O–H groups in total. The van der Waals surface area contributed by atoms with Gasteiger partial charge in [0.2, 0.25) is 5.91 Å². The van der Waals surface area contributed by atoms with Crippen molar-refractivity contribution in [1.29, 1.82) is 0 Å². The highest BCUT2D eigenvalue weighted by Crippen LogP contribution is 2.08.